The summed E-state index contributed by atoms with van der Waals surface area (Å²) in [7, 11) is 0. The van der Waals surface area contributed by atoms with Crippen LogP contribution in [0.15, 0.2) is 24.3 Å². The molecule has 4 heteroatoms. The first-order valence-corrected chi connectivity index (χ1v) is 7.50. The molecule has 110 valence electrons. The van der Waals surface area contributed by atoms with Crippen LogP contribution in [0.4, 0.5) is 0 Å². The summed E-state index contributed by atoms with van der Waals surface area (Å²) in [6.45, 7) is 4.01. The highest BCUT2D eigenvalue weighted by atomic mass is 16.5. The largest absolute Gasteiger partial charge is 0.494 e. The molecule has 0 atom stereocenters. The third kappa shape index (κ3) is 3.97. The van der Waals surface area contributed by atoms with E-state index in [0.29, 0.717) is 24.7 Å². The number of nitrogens with two attached hydrogens (primary N) is 1. The highest BCUT2D eigenvalue weighted by Gasteiger charge is 2.32. The number of carbonyl (C=O) groups excluding carboxylic acids is 1. The van der Waals surface area contributed by atoms with Crippen LogP contribution in [0.2, 0.25) is 0 Å². The fourth-order valence-electron chi connectivity index (χ4n) is 2.17. The second-order valence-corrected chi connectivity index (χ2v) is 5.24. The van der Waals surface area contributed by atoms with Crippen LogP contribution in [0.3, 0.4) is 0 Å². The van der Waals surface area contributed by atoms with Crippen LogP contribution in [0, 0.1) is 0 Å². The first-order chi connectivity index (χ1) is 9.76. The van der Waals surface area contributed by atoms with Crippen molar-refractivity contribution >= 4 is 5.91 Å². The number of rotatable bonds is 8. The van der Waals surface area contributed by atoms with Gasteiger partial charge >= 0.3 is 0 Å². The lowest BCUT2D eigenvalue weighted by Crippen LogP contribution is -2.37. The predicted molar refractivity (Wildman–Crippen MR) is 80.0 cm³/mol. The average molecular weight is 276 g/mol. The molecule has 0 unspecified atom stereocenters. The van der Waals surface area contributed by atoms with Gasteiger partial charge in [0, 0.05) is 24.7 Å². The van der Waals surface area contributed by atoms with Gasteiger partial charge in [0.15, 0.2) is 0 Å². The number of hydrogen-bond acceptors (Lipinski definition) is 3. The summed E-state index contributed by atoms with van der Waals surface area (Å²) < 4.78 is 5.60. The van der Waals surface area contributed by atoms with Gasteiger partial charge in [-0.25, -0.2) is 0 Å². The average Bonchev–Trinajstić information content (AvgIpc) is 3.30. The number of benzene rings is 1. The molecular formula is C16H24N2O2. The fourth-order valence-corrected chi connectivity index (χ4v) is 2.17. The van der Waals surface area contributed by atoms with Gasteiger partial charge in [-0.2, -0.15) is 0 Å². The zero-order valence-corrected chi connectivity index (χ0v) is 12.2. The zero-order chi connectivity index (χ0) is 14.4. The standard InChI is InChI=1S/C16H24N2O2/c1-2-3-12-20-15-8-4-13(5-9-15)16(19)18(11-10-17)14-6-7-14/h4-5,8-9,14H,2-3,6-7,10-12,17H2,1H3. The third-order valence-electron chi connectivity index (χ3n) is 3.49. The maximum absolute atomic E-state index is 12.4. The minimum atomic E-state index is 0.0815. The molecule has 0 aromatic heterocycles. The maximum atomic E-state index is 12.4. The van der Waals surface area contributed by atoms with E-state index in [1.54, 1.807) is 0 Å². The van der Waals surface area contributed by atoms with Crippen molar-refractivity contribution in [1.82, 2.24) is 4.90 Å². The van der Waals surface area contributed by atoms with Crippen molar-refractivity contribution < 1.29 is 9.53 Å². The lowest BCUT2D eigenvalue weighted by molar-refractivity contribution is 0.0748. The van der Waals surface area contributed by atoms with E-state index < -0.39 is 0 Å². The Morgan fingerprint density at radius 3 is 2.60 bits per heavy atom. The van der Waals surface area contributed by atoms with E-state index in [4.69, 9.17) is 10.5 Å². The minimum Gasteiger partial charge on any atom is -0.494 e. The van der Waals surface area contributed by atoms with Crippen molar-refractivity contribution in [3.05, 3.63) is 29.8 Å². The zero-order valence-electron chi connectivity index (χ0n) is 12.2. The van der Waals surface area contributed by atoms with Gasteiger partial charge in [-0.15, -0.1) is 0 Å². The molecule has 0 aliphatic heterocycles. The van der Waals surface area contributed by atoms with Crippen LogP contribution in [0.1, 0.15) is 43.0 Å². The fraction of sp³-hybridized carbons (Fsp3) is 0.562. The number of hydrogen-bond donors (Lipinski definition) is 1. The molecule has 0 spiro atoms. The van der Waals surface area contributed by atoms with E-state index in [1.165, 1.54) is 0 Å². The third-order valence-corrected chi connectivity index (χ3v) is 3.49. The monoisotopic (exact) mass is 276 g/mol. The van der Waals surface area contributed by atoms with E-state index in [-0.39, 0.29) is 5.91 Å². The molecule has 2 rings (SSSR count). The minimum absolute atomic E-state index is 0.0815. The van der Waals surface area contributed by atoms with E-state index in [1.807, 2.05) is 29.2 Å². The number of ether oxygens (including phenoxy) is 1. The van der Waals surface area contributed by atoms with Gasteiger partial charge in [0.25, 0.3) is 5.91 Å². The molecule has 0 heterocycles. The van der Waals surface area contributed by atoms with Crippen LogP contribution >= 0.6 is 0 Å². The molecule has 1 saturated carbocycles. The molecule has 1 amide bonds. The highest BCUT2D eigenvalue weighted by molar-refractivity contribution is 5.94. The summed E-state index contributed by atoms with van der Waals surface area (Å²) in [6.07, 6.45) is 4.37. The van der Waals surface area contributed by atoms with Gasteiger partial charge < -0.3 is 15.4 Å². The lowest BCUT2D eigenvalue weighted by atomic mass is 10.2. The van der Waals surface area contributed by atoms with Crippen molar-refractivity contribution in [2.75, 3.05) is 19.7 Å². The Bertz CT molecular complexity index is 427. The highest BCUT2D eigenvalue weighted by Crippen LogP contribution is 2.28. The molecule has 4 nitrogen and oxygen atoms in total. The summed E-state index contributed by atoms with van der Waals surface area (Å²) in [5, 5.41) is 0. The van der Waals surface area contributed by atoms with Gasteiger partial charge in [-0.3, -0.25) is 4.79 Å². The van der Waals surface area contributed by atoms with Crippen LogP contribution < -0.4 is 10.5 Å². The maximum Gasteiger partial charge on any atom is 0.254 e. The Kier molecular flexibility index (Phi) is 5.41. The Balaban J connectivity index is 1.95. The molecule has 2 N–H and O–H groups in total. The smallest absolute Gasteiger partial charge is 0.254 e. The second-order valence-electron chi connectivity index (χ2n) is 5.24. The number of unbranched alkanes of at least 4 members (excludes halogenated alkanes) is 1. The van der Waals surface area contributed by atoms with Crippen LogP contribution in [0.25, 0.3) is 0 Å². The van der Waals surface area contributed by atoms with E-state index >= 15 is 0 Å². The molecule has 0 radical (unpaired) electrons. The summed E-state index contributed by atoms with van der Waals surface area (Å²) in [5.41, 5.74) is 6.31. The molecule has 0 saturated heterocycles. The van der Waals surface area contributed by atoms with Gasteiger partial charge in [0.05, 0.1) is 6.61 Å². The van der Waals surface area contributed by atoms with E-state index in [0.717, 1.165) is 38.0 Å². The Morgan fingerprint density at radius 1 is 1.35 bits per heavy atom. The summed E-state index contributed by atoms with van der Waals surface area (Å²) >= 11 is 0. The quantitative estimate of drug-likeness (QED) is 0.742. The number of amides is 1. The molecule has 1 aromatic carbocycles. The Hall–Kier alpha value is -1.55. The molecule has 1 aliphatic carbocycles. The predicted octanol–water partition coefficient (Wildman–Crippen LogP) is 2.43. The molecule has 1 aromatic rings. The number of carbonyl (C=O) groups is 1. The van der Waals surface area contributed by atoms with Crippen molar-refractivity contribution in [2.45, 2.75) is 38.6 Å². The molecule has 1 fully saturated rings. The molecule has 0 bridgehead atoms. The Morgan fingerprint density at radius 2 is 2.05 bits per heavy atom. The normalized spacial score (nSPS) is 14.1. The van der Waals surface area contributed by atoms with Crippen molar-refractivity contribution in [1.29, 1.82) is 0 Å². The van der Waals surface area contributed by atoms with E-state index in [2.05, 4.69) is 6.92 Å². The Labute approximate surface area is 120 Å². The summed E-state index contributed by atoms with van der Waals surface area (Å²) in [4.78, 5) is 14.3. The first kappa shape index (κ1) is 14.9. The van der Waals surface area contributed by atoms with Crippen LogP contribution in [-0.4, -0.2) is 36.5 Å². The van der Waals surface area contributed by atoms with Crippen LogP contribution in [0.5, 0.6) is 5.75 Å². The van der Waals surface area contributed by atoms with Gasteiger partial charge in [-0.1, -0.05) is 13.3 Å². The first-order valence-electron chi connectivity index (χ1n) is 7.50. The van der Waals surface area contributed by atoms with Crippen molar-refractivity contribution in [3.8, 4) is 5.75 Å². The van der Waals surface area contributed by atoms with Crippen molar-refractivity contribution in [3.63, 3.8) is 0 Å². The molecule has 1 aliphatic rings. The SMILES string of the molecule is CCCCOc1ccc(C(=O)N(CCN)C2CC2)cc1. The number of nitrogens with zero attached hydrogens (tertiary/aromatic N) is 1. The van der Waals surface area contributed by atoms with E-state index in [9.17, 15) is 4.79 Å². The van der Waals surface area contributed by atoms with Crippen LogP contribution in [-0.2, 0) is 0 Å². The lowest BCUT2D eigenvalue weighted by Gasteiger charge is -2.21. The molecule has 20 heavy (non-hydrogen) atoms. The van der Waals surface area contributed by atoms with Crippen molar-refractivity contribution in [2.24, 2.45) is 5.73 Å². The van der Waals surface area contributed by atoms with Gasteiger partial charge in [0.2, 0.25) is 0 Å². The summed E-state index contributed by atoms with van der Waals surface area (Å²) in [5.74, 6) is 0.907. The summed E-state index contributed by atoms with van der Waals surface area (Å²) in [6, 6.07) is 7.82. The topological polar surface area (TPSA) is 55.6 Å². The van der Waals surface area contributed by atoms with Gasteiger partial charge in [0.1, 0.15) is 5.75 Å². The molecular weight excluding hydrogens is 252 g/mol. The van der Waals surface area contributed by atoms with Gasteiger partial charge in [-0.05, 0) is 43.5 Å². The second kappa shape index (κ2) is 7.29.